The van der Waals surface area contributed by atoms with Crippen LogP contribution < -0.4 is 5.32 Å². The highest BCUT2D eigenvalue weighted by atomic mass is 16.5. The molecule has 0 aliphatic carbocycles. The molecule has 2 atom stereocenters. The van der Waals surface area contributed by atoms with E-state index in [1.165, 1.54) is 5.56 Å². The average molecular weight is 247 g/mol. The van der Waals surface area contributed by atoms with Gasteiger partial charge in [-0.1, -0.05) is 13.8 Å². The molecule has 1 aromatic carbocycles. The SMILES string of the molecule is CCOC(=O)c1ccc2c(c1)CC(C)[C@H](CC)N2. The lowest BCUT2D eigenvalue weighted by molar-refractivity contribution is 0.0526. The molecule has 3 heteroatoms. The summed E-state index contributed by atoms with van der Waals surface area (Å²) >= 11 is 0. The number of hydrogen-bond acceptors (Lipinski definition) is 3. The lowest BCUT2D eigenvalue weighted by atomic mass is 9.87. The molecule has 1 aromatic rings. The van der Waals surface area contributed by atoms with Gasteiger partial charge in [-0.05, 0) is 49.4 Å². The number of anilines is 1. The number of ether oxygens (including phenoxy) is 1. The second-order valence-corrected chi connectivity index (χ2v) is 4.93. The Balaban J connectivity index is 2.23. The lowest BCUT2D eigenvalue weighted by Crippen LogP contribution is -2.32. The molecule has 3 nitrogen and oxygen atoms in total. The number of nitrogens with one attached hydrogen (secondary N) is 1. The van der Waals surface area contributed by atoms with Crippen LogP contribution in [0.15, 0.2) is 18.2 Å². The van der Waals surface area contributed by atoms with Crippen LogP contribution in [0.25, 0.3) is 0 Å². The number of carbonyl (C=O) groups is 1. The van der Waals surface area contributed by atoms with Gasteiger partial charge >= 0.3 is 5.97 Å². The highest BCUT2D eigenvalue weighted by Crippen LogP contribution is 2.30. The van der Waals surface area contributed by atoms with Crippen LogP contribution in [0, 0.1) is 5.92 Å². The number of esters is 1. The molecule has 0 fully saturated rings. The number of carbonyl (C=O) groups excluding carboxylic acids is 1. The normalized spacial score (nSPS) is 21.9. The molecular formula is C15H21NO2. The molecule has 1 heterocycles. The third-order valence-corrected chi connectivity index (χ3v) is 3.63. The first-order valence-electron chi connectivity index (χ1n) is 6.72. The third kappa shape index (κ3) is 2.50. The van der Waals surface area contributed by atoms with Gasteiger partial charge in [0, 0.05) is 11.7 Å². The predicted octanol–water partition coefficient (Wildman–Crippen LogP) is 3.25. The summed E-state index contributed by atoms with van der Waals surface area (Å²) in [4.78, 5) is 11.7. The van der Waals surface area contributed by atoms with Gasteiger partial charge in [0.25, 0.3) is 0 Å². The fourth-order valence-electron chi connectivity index (χ4n) is 2.58. The van der Waals surface area contributed by atoms with Gasteiger partial charge in [-0.2, -0.15) is 0 Å². The maximum absolute atomic E-state index is 11.7. The Morgan fingerprint density at radius 1 is 1.44 bits per heavy atom. The number of fused-ring (bicyclic) bond motifs is 1. The Kier molecular flexibility index (Phi) is 3.90. The van der Waals surface area contributed by atoms with Crippen molar-refractivity contribution in [2.45, 2.75) is 39.7 Å². The Bertz CT molecular complexity index is 442. The van der Waals surface area contributed by atoms with Crippen molar-refractivity contribution in [3.8, 4) is 0 Å². The smallest absolute Gasteiger partial charge is 0.338 e. The van der Waals surface area contributed by atoms with Gasteiger partial charge < -0.3 is 10.1 Å². The van der Waals surface area contributed by atoms with Crippen molar-refractivity contribution in [2.75, 3.05) is 11.9 Å². The molecule has 0 saturated heterocycles. The van der Waals surface area contributed by atoms with Crippen LogP contribution in [0.2, 0.25) is 0 Å². The van der Waals surface area contributed by atoms with Gasteiger partial charge in [0.15, 0.2) is 0 Å². The molecule has 1 aliphatic rings. The van der Waals surface area contributed by atoms with Gasteiger partial charge in [-0.15, -0.1) is 0 Å². The molecule has 98 valence electrons. The second-order valence-electron chi connectivity index (χ2n) is 4.93. The van der Waals surface area contributed by atoms with E-state index in [9.17, 15) is 4.79 Å². The van der Waals surface area contributed by atoms with E-state index in [1.54, 1.807) is 0 Å². The first kappa shape index (κ1) is 12.9. The first-order chi connectivity index (χ1) is 8.65. The molecular weight excluding hydrogens is 226 g/mol. The predicted molar refractivity (Wildman–Crippen MR) is 73.0 cm³/mol. The van der Waals surface area contributed by atoms with Crippen LogP contribution >= 0.6 is 0 Å². The number of rotatable bonds is 3. The minimum atomic E-state index is -0.231. The number of hydrogen-bond donors (Lipinski definition) is 1. The summed E-state index contributed by atoms with van der Waals surface area (Å²) < 4.78 is 5.03. The quantitative estimate of drug-likeness (QED) is 0.833. The van der Waals surface area contributed by atoms with E-state index in [1.807, 2.05) is 25.1 Å². The fraction of sp³-hybridized carbons (Fsp3) is 0.533. The average Bonchev–Trinajstić information content (AvgIpc) is 2.37. The van der Waals surface area contributed by atoms with E-state index < -0.39 is 0 Å². The van der Waals surface area contributed by atoms with E-state index in [4.69, 9.17) is 4.74 Å². The monoisotopic (exact) mass is 247 g/mol. The Labute approximate surface area is 109 Å². The molecule has 1 aliphatic heterocycles. The summed E-state index contributed by atoms with van der Waals surface area (Å²) in [6.07, 6.45) is 2.15. The topological polar surface area (TPSA) is 38.3 Å². The van der Waals surface area contributed by atoms with Crippen molar-refractivity contribution < 1.29 is 9.53 Å². The molecule has 0 radical (unpaired) electrons. The standard InChI is InChI=1S/C15H21NO2/c1-4-13-10(3)8-12-9-11(15(17)18-5-2)6-7-14(12)16-13/h6-7,9-10,13,16H,4-5,8H2,1-3H3/t10?,13-/m0/s1. The molecule has 0 spiro atoms. The maximum Gasteiger partial charge on any atom is 0.338 e. The fourth-order valence-corrected chi connectivity index (χ4v) is 2.58. The summed E-state index contributed by atoms with van der Waals surface area (Å²) in [6, 6.07) is 6.33. The Morgan fingerprint density at radius 3 is 2.89 bits per heavy atom. The lowest BCUT2D eigenvalue weighted by Gasteiger charge is -2.32. The van der Waals surface area contributed by atoms with E-state index in [2.05, 4.69) is 19.2 Å². The molecule has 18 heavy (non-hydrogen) atoms. The largest absolute Gasteiger partial charge is 0.462 e. The van der Waals surface area contributed by atoms with Crippen molar-refractivity contribution in [1.29, 1.82) is 0 Å². The second kappa shape index (κ2) is 5.42. The summed E-state index contributed by atoms with van der Waals surface area (Å²) in [5.74, 6) is 0.366. The summed E-state index contributed by atoms with van der Waals surface area (Å²) in [5, 5.41) is 3.54. The maximum atomic E-state index is 11.7. The van der Waals surface area contributed by atoms with Gasteiger partial charge in [0.2, 0.25) is 0 Å². The minimum absolute atomic E-state index is 0.231. The molecule has 0 aromatic heterocycles. The zero-order valence-electron chi connectivity index (χ0n) is 11.3. The zero-order valence-corrected chi connectivity index (χ0v) is 11.3. The van der Waals surface area contributed by atoms with Crippen LogP contribution in [0.4, 0.5) is 5.69 Å². The van der Waals surface area contributed by atoms with Crippen LogP contribution in [-0.4, -0.2) is 18.6 Å². The van der Waals surface area contributed by atoms with E-state index in [-0.39, 0.29) is 5.97 Å². The van der Waals surface area contributed by atoms with Crippen LogP contribution in [0.3, 0.4) is 0 Å². The van der Waals surface area contributed by atoms with Crippen LogP contribution in [0.1, 0.15) is 43.1 Å². The van der Waals surface area contributed by atoms with Gasteiger partial charge in [0.1, 0.15) is 0 Å². The van der Waals surface area contributed by atoms with E-state index in [0.717, 1.165) is 18.5 Å². The van der Waals surface area contributed by atoms with Crippen molar-refractivity contribution in [1.82, 2.24) is 0 Å². The Morgan fingerprint density at radius 2 is 2.22 bits per heavy atom. The molecule has 0 amide bonds. The molecule has 1 N–H and O–H groups in total. The van der Waals surface area contributed by atoms with Crippen LogP contribution in [-0.2, 0) is 11.2 Å². The zero-order chi connectivity index (χ0) is 13.1. The van der Waals surface area contributed by atoms with Crippen molar-refractivity contribution in [2.24, 2.45) is 5.92 Å². The summed E-state index contributed by atoms with van der Waals surface area (Å²) in [6.45, 7) is 6.70. The van der Waals surface area contributed by atoms with Crippen molar-refractivity contribution >= 4 is 11.7 Å². The number of benzene rings is 1. The van der Waals surface area contributed by atoms with Gasteiger partial charge in [-0.25, -0.2) is 4.79 Å². The molecule has 1 unspecified atom stereocenters. The summed E-state index contributed by atoms with van der Waals surface area (Å²) in [5.41, 5.74) is 3.03. The first-order valence-corrected chi connectivity index (χ1v) is 6.72. The summed E-state index contributed by atoms with van der Waals surface area (Å²) in [7, 11) is 0. The molecule has 0 bridgehead atoms. The van der Waals surface area contributed by atoms with Gasteiger partial charge in [-0.3, -0.25) is 0 Å². The van der Waals surface area contributed by atoms with E-state index >= 15 is 0 Å². The van der Waals surface area contributed by atoms with Crippen molar-refractivity contribution in [3.63, 3.8) is 0 Å². The van der Waals surface area contributed by atoms with Crippen molar-refractivity contribution in [3.05, 3.63) is 29.3 Å². The third-order valence-electron chi connectivity index (χ3n) is 3.63. The Hall–Kier alpha value is -1.51. The van der Waals surface area contributed by atoms with Gasteiger partial charge in [0.05, 0.1) is 12.2 Å². The van der Waals surface area contributed by atoms with Crippen LogP contribution in [0.5, 0.6) is 0 Å². The molecule has 2 rings (SSSR count). The van der Waals surface area contributed by atoms with E-state index in [0.29, 0.717) is 24.1 Å². The highest BCUT2D eigenvalue weighted by Gasteiger charge is 2.24. The highest BCUT2D eigenvalue weighted by molar-refractivity contribution is 5.90. The minimum Gasteiger partial charge on any atom is -0.462 e. The molecule has 0 saturated carbocycles.